The summed E-state index contributed by atoms with van der Waals surface area (Å²) in [5.41, 5.74) is 0.512. The highest BCUT2D eigenvalue weighted by Crippen LogP contribution is 2.19. The van der Waals surface area contributed by atoms with Gasteiger partial charge >= 0.3 is 5.69 Å². The molecule has 0 bridgehead atoms. The summed E-state index contributed by atoms with van der Waals surface area (Å²) in [6.07, 6.45) is 2.09. The van der Waals surface area contributed by atoms with Gasteiger partial charge in [-0.1, -0.05) is 19.1 Å². The Hall–Kier alpha value is -2.87. The van der Waals surface area contributed by atoms with E-state index in [1.807, 2.05) is 23.1 Å². The lowest BCUT2D eigenvalue weighted by Gasteiger charge is -2.31. The number of fused-ring (bicyclic) bond motifs is 1. The summed E-state index contributed by atoms with van der Waals surface area (Å²) in [4.78, 5) is 41.0. The largest absolute Gasteiger partial charge is 0.497 e. The summed E-state index contributed by atoms with van der Waals surface area (Å²) in [7, 11) is 1.57. The highest BCUT2D eigenvalue weighted by Gasteiger charge is 2.23. The van der Waals surface area contributed by atoms with E-state index in [2.05, 4.69) is 6.92 Å². The van der Waals surface area contributed by atoms with Crippen molar-refractivity contribution in [2.45, 2.75) is 32.9 Å². The molecule has 0 spiro atoms. The number of rotatable bonds is 5. The third-order valence-corrected chi connectivity index (χ3v) is 6.51. The average molecular weight is 428 g/mol. The predicted molar refractivity (Wildman–Crippen MR) is 117 cm³/mol. The van der Waals surface area contributed by atoms with E-state index >= 15 is 0 Å². The lowest BCUT2D eigenvalue weighted by Crippen LogP contribution is -2.45. The molecule has 2 aromatic heterocycles. The molecule has 1 amide bonds. The Morgan fingerprint density at radius 3 is 2.83 bits per heavy atom. The van der Waals surface area contributed by atoms with Gasteiger partial charge in [-0.15, -0.1) is 11.3 Å². The monoisotopic (exact) mass is 427 g/mol. The molecule has 3 aromatic rings. The van der Waals surface area contributed by atoms with Crippen LogP contribution >= 0.6 is 11.3 Å². The van der Waals surface area contributed by atoms with Crippen LogP contribution in [0.3, 0.4) is 0 Å². The lowest BCUT2D eigenvalue weighted by molar-refractivity contribution is -0.133. The van der Waals surface area contributed by atoms with E-state index in [1.54, 1.807) is 24.6 Å². The molecule has 0 saturated carbocycles. The molecule has 30 heavy (non-hydrogen) atoms. The molecule has 1 aliphatic heterocycles. The Labute approximate surface area is 178 Å². The fourth-order valence-corrected chi connectivity index (χ4v) is 4.87. The van der Waals surface area contributed by atoms with Crippen LogP contribution in [0.1, 0.15) is 25.3 Å². The SMILES string of the molecule is COc1cccc(Cn2c(=O)c3sccc3n(CC(=O)N3CCC[C@H](C)C3)c2=O)c1. The number of methoxy groups -OCH3 is 1. The highest BCUT2D eigenvalue weighted by atomic mass is 32.1. The van der Waals surface area contributed by atoms with E-state index in [1.165, 1.54) is 20.5 Å². The standard InChI is InChI=1S/C22H25N3O4S/c1-15-5-4-9-23(12-15)19(26)14-24-18-8-10-30-20(18)21(27)25(22(24)28)13-16-6-3-7-17(11-16)29-2/h3,6-8,10-11,15H,4-5,9,12-14H2,1-2H3/t15-/m0/s1. The van der Waals surface area contributed by atoms with Gasteiger partial charge in [-0.3, -0.25) is 18.7 Å². The molecule has 4 rings (SSSR count). The van der Waals surface area contributed by atoms with Crippen molar-refractivity contribution in [1.29, 1.82) is 0 Å². The smallest absolute Gasteiger partial charge is 0.332 e. The Kier molecular flexibility index (Phi) is 5.76. The molecule has 8 heteroatoms. The summed E-state index contributed by atoms with van der Waals surface area (Å²) in [5, 5.41) is 1.78. The number of piperidine rings is 1. The Balaban J connectivity index is 1.73. The van der Waals surface area contributed by atoms with Crippen molar-refractivity contribution in [3.05, 3.63) is 62.1 Å². The van der Waals surface area contributed by atoms with E-state index < -0.39 is 5.69 Å². The zero-order chi connectivity index (χ0) is 21.3. The molecule has 1 atom stereocenters. The number of hydrogen-bond acceptors (Lipinski definition) is 5. The van der Waals surface area contributed by atoms with Crippen LogP contribution in [0.2, 0.25) is 0 Å². The van der Waals surface area contributed by atoms with Crippen molar-refractivity contribution in [3.63, 3.8) is 0 Å². The molecular weight excluding hydrogens is 402 g/mol. The Morgan fingerprint density at radius 1 is 1.23 bits per heavy atom. The first-order chi connectivity index (χ1) is 14.5. The molecule has 0 N–H and O–H groups in total. The molecular formula is C22H25N3O4S. The average Bonchev–Trinajstić information content (AvgIpc) is 3.24. The first-order valence-electron chi connectivity index (χ1n) is 10.1. The van der Waals surface area contributed by atoms with Crippen molar-refractivity contribution in [1.82, 2.24) is 14.0 Å². The minimum Gasteiger partial charge on any atom is -0.497 e. The molecule has 1 aliphatic rings. The number of nitrogens with zero attached hydrogens (tertiary/aromatic N) is 3. The van der Waals surface area contributed by atoms with Gasteiger partial charge in [0, 0.05) is 13.1 Å². The molecule has 0 unspecified atom stereocenters. The van der Waals surface area contributed by atoms with Crippen molar-refractivity contribution in [2.75, 3.05) is 20.2 Å². The number of aromatic nitrogens is 2. The van der Waals surface area contributed by atoms with Crippen LogP contribution in [0.15, 0.2) is 45.3 Å². The number of amides is 1. The second-order valence-electron chi connectivity index (χ2n) is 7.83. The number of benzene rings is 1. The number of thiophene rings is 1. The van der Waals surface area contributed by atoms with Gasteiger partial charge in [-0.2, -0.15) is 0 Å². The maximum Gasteiger partial charge on any atom is 0.332 e. The zero-order valence-electron chi connectivity index (χ0n) is 17.2. The molecule has 3 heterocycles. The van der Waals surface area contributed by atoms with E-state index in [0.717, 1.165) is 18.4 Å². The molecule has 158 valence electrons. The number of likely N-dealkylation sites (tertiary alicyclic amines) is 1. The summed E-state index contributed by atoms with van der Waals surface area (Å²) in [5.74, 6) is 1.04. The number of ether oxygens (including phenoxy) is 1. The van der Waals surface area contributed by atoms with Crippen LogP contribution < -0.4 is 16.0 Å². The third-order valence-electron chi connectivity index (χ3n) is 5.61. The van der Waals surface area contributed by atoms with E-state index in [0.29, 0.717) is 35.0 Å². The summed E-state index contributed by atoms with van der Waals surface area (Å²) >= 11 is 1.29. The van der Waals surface area contributed by atoms with Crippen molar-refractivity contribution < 1.29 is 9.53 Å². The molecule has 1 fully saturated rings. The highest BCUT2D eigenvalue weighted by molar-refractivity contribution is 7.17. The van der Waals surface area contributed by atoms with Gasteiger partial charge in [0.15, 0.2) is 0 Å². The third kappa shape index (κ3) is 3.92. The minimum absolute atomic E-state index is 0.0584. The summed E-state index contributed by atoms with van der Waals surface area (Å²) in [6, 6.07) is 9.02. The van der Waals surface area contributed by atoms with E-state index in [9.17, 15) is 14.4 Å². The van der Waals surface area contributed by atoms with Gasteiger partial charge in [0.25, 0.3) is 5.56 Å². The maximum atomic E-state index is 13.3. The first-order valence-corrected chi connectivity index (χ1v) is 11.0. The normalized spacial score (nSPS) is 16.7. The zero-order valence-corrected chi connectivity index (χ0v) is 18.0. The second-order valence-corrected chi connectivity index (χ2v) is 8.75. The van der Waals surface area contributed by atoms with Crippen molar-refractivity contribution in [3.8, 4) is 5.75 Å². The quantitative estimate of drug-likeness (QED) is 0.627. The van der Waals surface area contributed by atoms with Crippen molar-refractivity contribution in [2.24, 2.45) is 5.92 Å². The van der Waals surface area contributed by atoms with Crippen LogP contribution in [0, 0.1) is 5.92 Å². The number of hydrogen-bond donors (Lipinski definition) is 0. The molecule has 1 saturated heterocycles. The maximum absolute atomic E-state index is 13.3. The lowest BCUT2D eigenvalue weighted by atomic mass is 10.0. The first kappa shape index (κ1) is 20.4. The Bertz CT molecular complexity index is 1190. The van der Waals surface area contributed by atoms with Crippen LogP contribution in [0.5, 0.6) is 5.75 Å². The van der Waals surface area contributed by atoms with Crippen molar-refractivity contribution >= 4 is 27.5 Å². The van der Waals surface area contributed by atoms with Crippen LogP contribution in [-0.4, -0.2) is 40.1 Å². The van der Waals surface area contributed by atoms with Gasteiger partial charge in [0.05, 0.1) is 19.2 Å². The van der Waals surface area contributed by atoms with Gasteiger partial charge < -0.3 is 9.64 Å². The minimum atomic E-state index is -0.466. The van der Waals surface area contributed by atoms with Gasteiger partial charge in [-0.25, -0.2) is 4.79 Å². The van der Waals surface area contributed by atoms with E-state index in [4.69, 9.17) is 4.74 Å². The number of carbonyl (C=O) groups is 1. The molecule has 0 radical (unpaired) electrons. The Morgan fingerprint density at radius 2 is 2.07 bits per heavy atom. The summed E-state index contributed by atoms with van der Waals surface area (Å²) < 4.78 is 8.38. The fraction of sp³-hybridized carbons (Fsp3) is 0.409. The van der Waals surface area contributed by atoms with E-state index in [-0.39, 0.29) is 24.6 Å². The van der Waals surface area contributed by atoms with Gasteiger partial charge in [0.2, 0.25) is 5.91 Å². The number of carbonyl (C=O) groups excluding carboxylic acids is 1. The van der Waals surface area contributed by atoms with Gasteiger partial charge in [0.1, 0.15) is 17.0 Å². The second kappa shape index (κ2) is 8.47. The topological polar surface area (TPSA) is 73.5 Å². The summed E-state index contributed by atoms with van der Waals surface area (Å²) in [6.45, 7) is 3.63. The predicted octanol–water partition coefficient (Wildman–Crippen LogP) is 2.54. The van der Waals surface area contributed by atoms with Crippen LogP contribution in [-0.2, 0) is 17.9 Å². The molecule has 0 aliphatic carbocycles. The van der Waals surface area contributed by atoms with Crippen LogP contribution in [0.4, 0.5) is 0 Å². The fourth-order valence-electron chi connectivity index (χ4n) is 4.03. The van der Waals surface area contributed by atoms with Gasteiger partial charge in [-0.05, 0) is 47.9 Å². The molecule has 1 aromatic carbocycles. The molecule has 7 nitrogen and oxygen atoms in total. The van der Waals surface area contributed by atoms with Crippen LogP contribution in [0.25, 0.3) is 10.2 Å².